The third-order valence-electron chi connectivity index (χ3n) is 3.83. The quantitative estimate of drug-likeness (QED) is 0.840. The molecule has 1 aromatic heterocycles. The summed E-state index contributed by atoms with van der Waals surface area (Å²) in [6, 6.07) is 8.14. The second-order valence-corrected chi connectivity index (χ2v) is 5.96. The Morgan fingerprint density at radius 2 is 2.10 bits per heavy atom. The van der Waals surface area contributed by atoms with E-state index in [9.17, 15) is 4.79 Å². The average Bonchev–Trinajstić information content (AvgIpc) is 2.81. The summed E-state index contributed by atoms with van der Waals surface area (Å²) in [5, 5.41) is 10.3. The molecule has 2 rings (SSSR count). The predicted molar refractivity (Wildman–Crippen MR) is 83.8 cm³/mol. The zero-order chi connectivity index (χ0) is 15.5. The van der Waals surface area contributed by atoms with Crippen LogP contribution in [0.25, 0.3) is 10.9 Å². The topological polar surface area (TPSA) is 51.5 Å². The molecule has 0 bridgehead atoms. The molecule has 0 atom stereocenters. The van der Waals surface area contributed by atoms with Gasteiger partial charge in [-0.1, -0.05) is 0 Å². The fraction of sp³-hybridized carbons (Fsp3) is 0.471. The molecule has 1 heterocycles. The first kappa shape index (κ1) is 15.4. The number of carbonyl (C=O) groups is 1. The molecule has 0 amide bonds. The van der Waals surface area contributed by atoms with E-state index in [2.05, 4.69) is 16.7 Å². The standard InChI is InChI=1S/C17H23NO3/c1-4-21-14-6-7-15-13(12-14)8-11-18(15)10-5-9-17(2,3)16(19)20/h6-8,11-12H,4-5,9-10H2,1-3H3,(H,19,20). The molecule has 0 fully saturated rings. The SMILES string of the molecule is CCOc1ccc2c(ccn2CCCC(C)(C)C(=O)O)c1. The number of rotatable bonds is 7. The van der Waals surface area contributed by atoms with Gasteiger partial charge in [0.1, 0.15) is 5.75 Å². The summed E-state index contributed by atoms with van der Waals surface area (Å²) in [6.07, 6.45) is 3.56. The van der Waals surface area contributed by atoms with E-state index >= 15 is 0 Å². The highest BCUT2D eigenvalue weighted by Gasteiger charge is 2.26. The molecule has 114 valence electrons. The summed E-state index contributed by atoms with van der Waals surface area (Å²) in [6.45, 7) is 7.01. The second-order valence-electron chi connectivity index (χ2n) is 5.96. The third kappa shape index (κ3) is 3.57. The number of fused-ring (bicyclic) bond motifs is 1. The number of aryl methyl sites for hydroxylation is 1. The summed E-state index contributed by atoms with van der Waals surface area (Å²) >= 11 is 0. The molecule has 0 radical (unpaired) electrons. The van der Waals surface area contributed by atoms with Crippen molar-refractivity contribution in [2.45, 2.75) is 40.2 Å². The van der Waals surface area contributed by atoms with E-state index in [1.165, 1.54) is 0 Å². The van der Waals surface area contributed by atoms with Crippen molar-refractivity contribution in [1.82, 2.24) is 4.57 Å². The van der Waals surface area contributed by atoms with Crippen molar-refractivity contribution in [1.29, 1.82) is 0 Å². The molecule has 0 aliphatic heterocycles. The maximum Gasteiger partial charge on any atom is 0.309 e. The monoisotopic (exact) mass is 289 g/mol. The van der Waals surface area contributed by atoms with Crippen molar-refractivity contribution < 1.29 is 14.6 Å². The normalized spacial score (nSPS) is 11.8. The van der Waals surface area contributed by atoms with E-state index in [1.807, 2.05) is 25.3 Å². The number of aliphatic carboxylic acids is 1. The largest absolute Gasteiger partial charge is 0.494 e. The summed E-state index contributed by atoms with van der Waals surface area (Å²) < 4.78 is 7.67. The van der Waals surface area contributed by atoms with Gasteiger partial charge >= 0.3 is 5.97 Å². The van der Waals surface area contributed by atoms with Crippen molar-refractivity contribution in [3.8, 4) is 5.75 Å². The molecule has 0 spiro atoms. The van der Waals surface area contributed by atoms with E-state index in [0.717, 1.165) is 29.6 Å². The minimum absolute atomic E-state index is 0.662. The maximum absolute atomic E-state index is 11.1. The number of aromatic nitrogens is 1. The van der Waals surface area contributed by atoms with Gasteiger partial charge in [-0.3, -0.25) is 4.79 Å². The first-order chi connectivity index (χ1) is 9.94. The number of hydrogen-bond acceptors (Lipinski definition) is 2. The van der Waals surface area contributed by atoms with Gasteiger partial charge in [0.2, 0.25) is 0 Å². The van der Waals surface area contributed by atoms with Crippen LogP contribution in [0.2, 0.25) is 0 Å². The van der Waals surface area contributed by atoms with Crippen LogP contribution in [0, 0.1) is 5.41 Å². The number of carboxylic acid groups (broad SMARTS) is 1. The minimum Gasteiger partial charge on any atom is -0.494 e. The number of nitrogens with zero attached hydrogens (tertiary/aromatic N) is 1. The highest BCUT2D eigenvalue weighted by molar-refractivity contribution is 5.81. The summed E-state index contributed by atoms with van der Waals surface area (Å²) in [7, 11) is 0. The van der Waals surface area contributed by atoms with Crippen LogP contribution < -0.4 is 4.74 Å². The van der Waals surface area contributed by atoms with E-state index in [-0.39, 0.29) is 0 Å². The van der Waals surface area contributed by atoms with E-state index < -0.39 is 11.4 Å². The zero-order valence-corrected chi connectivity index (χ0v) is 12.9. The van der Waals surface area contributed by atoms with Crippen molar-refractivity contribution in [2.24, 2.45) is 5.41 Å². The molecular weight excluding hydrogens is 266 g/mol. The number of hydrogen-bond donors (Lipinski definition) is 1. The number of ether oxygens (including phenoxy) is 1. The lowest BCUT2D eigenvalue weighted by Crippen LogP contribution is -2.23. The molecule has 4 heteroatoms. The molecule has 21 heavy (non-hydrogen) atoms. The fourth-order valence-corrected chi connectivity index (χ4v) is 2.43. The van der Waals surface area contributed by atoms with E-state index in [0.29, 0.717) is 13.0 Å². The van der Waals surface area contributed by atoms with Crippen LogP contribution in [0.5, 0.6) is 5.75 Å². The molecule has 0 aliphatic carbocycles. The fourth-order valence-electron chi connectivity index (χ4n) is 2.43. The molecule has 4 nitrogen and oxygen atoms in total. The Kier molecular flexibility index (Phi) is 4.56. The summed E-state index contributed by atoms with van der Waals surface area (Å²) in [5.41, 5.74) is 0.497. The van der Waals surface area contributed by atoms with Gasteiger partial charge in [0.25, 0.3) is 0 Å². The van der Waals surface area contributed by atoms with Gasteiger partial charge < -0.3 is 14.4 Å². The Morgan fingerprint density at radius 3 is 2.76 bits per heavy atom. The van der Waals surface area contributed by atoms with Crippen LogP contribution in [0.4, 0.5) is 0 Å². The van der Waals surface area contributed by atoms with Crippen LogP contribution in [0.3, 0.4) is 0 Å². The molecule has 0 saturated heterocycles. The summed E-state index contributed by atoms with van der Waals surface area (Å²) in [4.78, 5) is 11.1. The maximum atomic E-state index is 11.1. The van der Waals surface area contributed by atoms with Crippen molar-refractivity contribution in [3.05, 3.63) is 30.5 Å². The number of benzene rings is 1. The van der Waals surface area contributed by atoms with E-state index in [4.69, 9.17) is 9.84 Å². The van der Waals surface area contributed by atoms with Gasteiger partial charge in [0, 0.05) is 23.6 Å². The van der Waals surface area contributed by atoms with Gasteiger partial charge in [-0.15, -0.1) is 0 Å². The van der Waals surface area contributed by atoms with Crippen LogP contribution >= 0.6 is 0 Å². The Bertz CT molecular complexity index is 628. The lowest BCUT2D eigenvalue weighted by Gasteiger charge is -2.18. The lowest BCUT2D eigenvalue weighted by atomic mass is 9.88. The van der Waals surface area contributed by atoms with Gasteiger partial charge in [-0.25, -0.2) is 0 Å². The highest BCUT2D eigenvalue weighted by Crippen LogP contribution is 2.25. The molecule has 2 aromatic rings. The Labute approximate surface area is 125 Å². The number of carboxylic acids is 1. The van der Waals surface area contributed by atoms with Gasteiger partial charge in [0.05, 0.1) is 12.0 Å². The van der Waals surface area contributed by atoms with Gasteiger partial charge in [-0.2, -0.15) is 0 Å². The first-order valence-corrected chi connectivity index (χ1v) is 7.39. The molecule has 0 saturated carbocycles. The zero-order valence-electron chi connectivity index (χ0n) is 12.9. The van der Waals surface area contributed by atoms with Crippen LogP contribution in [0.15, 0.2) is 30.5 Å². The van der Waals surface area contributed by atoms with Crippen molar-refractivity contribution in [3.63, 3.8) is 0 Å². The molecule has 0 aliphatic rings. The molecule has 1 N–H and O–H groups in total. The van der Waals surface area contributed by atoms with Crippen molar-refractivity contribution in [2.75, 3.05) is 6.61 Å². The van der Waals surface area contributed by atoms with Crippen LogP contribution in [-0.4, -0.2) is 22.2 Å². The van der Waals surface area contributed by atoms with Crippen LogP contribution in [-0.2, 0) is 11.3 Å². The molecule has 0 unspecified atom stereocenters. The lowest BCUT2D eigenvalue weighted by molar-refractivity contribution is -0.147. The molecule has 1 aromatic carbocycles. The van der Waals surface area contributed by atoms with Crippen LogP contribution in [0.1, 0.15) is 33.6 Å². The van der Waals surface area contributed by atoms with Crippen molar-refractivity contribution >= 4 is 16.9 Å². The average molecular weight is 289 g/mol. The smallest absolute Gasteiger partial charge is 0.309 e. The third-order valence-corrected chi connectivity index (χ3v) is 3.83. The van der Waals surface area contributed by atoms with E-state index in [1.54, 1.807) is 13.8 Å². The minimum atomic E-state index is -0.735. The predicted octanol–water partition coefficient (Wildman–Crippen LogP) is 3.93. The highest BCUT2D eigenvalue weighted by atomic mass is 16.5. The van der Waals surface area contributed by atoms with Gasteiger partial charge in [0.15, 0.2) is 0 Å². The van der Waals surface area contributed by atoms with Gasteiger partial charge in [-0.05, 0) is 57.9 Å². The second kappa shape index (κ2) is 6.20. The summed E-state index contributed by atoms with van der Waals surface area (Å²) in [5.74, 6) is 0.149. The molecular formula is C17H23NO3. The Balaban J connectivity index is 2.04. The Morgan fingerprint density at radius 1 is 1.33 bits per heavy atom. The Hall–Kier alpha value is -1.97. The first-order valence-electron chi connectivity index (χ1n) is 7.39.